The molecule has 1 aliphatic rings. The van der Waals surface area contributed by atoms with E-state index in [0.717, 1.165) is 29.9 Å². The summed E-state index contributed by atoms with van der Waals surface area (Å²) in [5, 5.41) is 8.78. The van der Waals surface area contributed by atoms with Crippen LogP contribution in [-0.4, -0.2) is 40.1 Å². The van der Waals surface area contributed by atoms with Crippen molar-refractivity contribution in [1.29, 1.82) is 0 Å². The topological polar surface area (TPSA) is 43.2 Å². The van der Waals surface area contributed by atoms with Gasteiger partial charge in [0.2, 0.25) is 0 Å². The average Bonchev–Trinajstić information content (AvgIpc) is 3.27. The molecule has 2 aromatic carbocycles. The molecule has 0 saturated carbocycles. The molecule has 3 aromatic rings. The van der Waals surface area contributed by atoms with Gasteiger partial charge in [-0.3, -0.25) is 4.90 Å². The molecule has 1 atom stereocenters. The number of nitrogens with zero attached hydrogens (tertiary/aromatic N) is 4. The van der Waals surface area contributed by atoms with Crippen molar-refractivity contribution in [2.75, 3.05) is 20.2 Å². The minimum absolute atomic E-state index is 0.0795. The summed E-state index contributed by atoms with van der Waals surface area (Å²) in [6.45, 7) is 2.18. The van der Waals surface area contributed by atoms with E-state index in [1.54, 1.807) is 7.11 Å². The molecule has 0 spiro atoms. The smallest absolute Gasteiger partial charge is 0.132 e. The second kappa shape index (κ2) is 6.01. The summed E-state index contributed by atoms with van der Waals surface area (Å²) in [7, 11) is 1.69. The molecular weight excluding hydrogens is 288 g/mol. The summed E-state index contributed by atoms with van der Waals surface area (Å²) in [5.41, 5.74) is 3.22. The van der Waals surface area contributed by atoms with Crippen LogP contribution in [-0.2, 0) is 0 Å². The Morgan fingerprint density at radius 3 is 2.48 bits per heavy atom. The van der Waals surface area contributed by atoms with Gasteiger partial charge in [-0.25, -0.2) is 4.68 Å². The van der Waals surface area contributed by atoms with Crippen LogP contribution in [0.5, 0.6) is 5.75 Å². The highest BCUT2D eigenvalue weighted by molar-refractivity contribution is 5.74. The summed E-state index contributed by atoms with van der Waals surface area (Å²) < 4.78 is 7.33. The van der Waals surface area contributed by atoms with Crippen molar-refractivity contribution in [3.05, 3.63) is 54.1 Å². The maximum Gasteiger partial charge on any atom is 0.132 e. The lowest BCUT2D eigenvalue weighted by atomic mass is 10.1. The van der Waals surface area contributed by atoms with Gasteiger partial charge in [0.1, 0.15) is 17.4 Å². The standard InChI is InChI=1S/C18H20N4O/c1-23-15-10-8-14(9-11-15)18(21-12-4-5-13-21)22-17-7-3-2-6-16(17)19-20-22/h2-3,6-11,18H,4-5,12-13H2,1H3. The Morgan fingerprint density at radius 1 is 1.00 bits per heavy atom. The zero-order valence-electron chi connectivity index (χ0n) is 13.2. The number of ether oxygens (including phenoxy) is 1. The number of fused-ring (bicyclic) bond motifs is 1. The van der Waals surface area contributed by atoms with Crippen molar-refractivity contribution >= 4 is 11.0 Å². The number of benzene rings is 2. The largest absolute Gasteiger partial charge is 0.497 e. The van der Waals surface area contributed by atoms with Gasteiger partial charge in [-0.1, -0.05) is 29.5 Å². The number of hydrogen-bond donors (Lipinski definition) is 0. The van der Waals surface area contributed by atoms with Crippen LogP contribution in [0.1, 0.15) is 24.6 Å². The van der Waals surface area contributed by atoms with E-state index in [4.69, 9.17) is 4.74 Å². The highest BCUT2D eigenvalue weighted by Crippen LogP contribution is 2.29. The molecule has 0 bridgehead atoms. The Hall–Kier alpha value is -2.40. The van der Waals surface area contributed by atoms with E-state index in [-0.39, 0.29) is 6.17 Å². The van der Waals surface area contributed by atoms with E-state index in [9.17, 15) is 0 Å². The Morgan fingerprint density at radius 2 is 1.74 bits per heavy atom. The van der Waals surface area contributed by atoms with Crippen LogP contribution in [0.15, 0.2) is 48.5 Å². The molecule has 1 saturated heterocycles. The Balaban J connectivity index is 1.81. The number of aromatic nitrogens is 3. The zero-order valence-corrected chi connectivity index (χ0v) is 13.2. The molecule has 0 aliphatic carbocycles. The fourth-order valence-corrected chi connectivity index (χ4v) is 3.34. The first-order valence-corrected chi connectivity index (χ1v) is 8.05. The fraction of sp³-hybridized carbons (Fsp3) is 0.333. The highest BCUT2D eigenvalue weighted by atomic mass is 16.5. The summed E-state index contributed by atoms with van der Waals surface area (Å²) in [4.78, 5) is 2.48. The van der Waals surface area contributed by atoms with Crippen molar-refractivity contribution in [2.45, 2.75) is 19.0 Å². The maximum atomic E-state index is 5.29. The second-order valence-electron chi connectivity index (χ2n) is 5.91. The van der Waals surface area contributed by atoms with Crippen LogP contribution in [0.4, 0.5) is 0 Å². The molecule has 118 valence electrons. The van der Waals surface area contributed by atoms with Crippen LogP contribution in [0, 0.1) is 0 Å². The van der Waals surface area contributed by atoms with Crippen LogP contribution >= 0.6 is 0 Å². The number of para-hydroxylation sites is 1. The fourth-order valence-electron chi connectivity index (χ4n) is 3.34. The molecule has 1 aromatic heterocycles. The van der Waals surface area contributed by atoms with Crippen molar-refractivity contribution in [3.8, 4) is 5.75 Å². The minimum Gasteiger partial charge on any atom is -0.497 e. The zero-order chi connectivity index (χ0) is 15.6. The van der Waals surface area contributed by atoms with Crippen LogP contribution in [0.2, 0.25) is 0 Å². The molecule has 1 unspecified atom stereocenters. The lowest BCUT2D eigenvalue weighted by Gasteiger charge is -2.28. The van der Waals surface area contributed by atoms with Gasteiger partial charge in [-0.2, -0.15) is 0 Å². The molecule has 1 fully saturated rings. The van der Waals surface area contributed by atoms with Crippen molar-refractivity contribution in [3.63, 3.8) is 0 Å². The van der Waals surface area contributed by atoms with E-state index >= 15 is 0 Å². The van der Waals surface area contributed by atoms with Gasteiger partial charge in [0.25, 0.3) is 0 Å². The summed E-state index contributed by atoms with van der Waals surface area (Å²) >= 11 is 0. The number of hydrogen-bond acceptors (Lipinski definition) is 4. The predicted molar refractivity (Wildman–Crippen MR) is 89.5 cm³/mol. The first kappa shape index (κ1) is 14.2. The van der Waals surface area contributed by atoms with E-state index < -0.39 is 0 Å². The van der Waals surface area contributed by atoms with Gasteiger partial charge >= 0.3 is 0 Å². The van der Waals surface area contributed by atoms with Crippen LogP contribution < -0.4 is 4.74 Å². The third-order valence-electron chi connectivity index (χ3n) is 4.51. The normalized spacial score (nSPS) is 16.7. The molecule has 0 amide bonds. The minimum atomic E-state index is 0.0795. The van der Waals surface area contributed by atoms with E-state index in [1.807, 2.05) is 35.0 Å². The first-order valence-electron chi connectivity index (χ1n) is 8.05. The molecule has 0 N–H and O–H groups in total. The Labute approximate surface area is 135 Å². The van der Waals surface area contributed by atoms with Gasteiger partial charge < -0.3 is 4.74 Å². The number of rotatable bonds is 4. The second-order valence-corrected chi connectivity index (χ2v) is 5.91. The first-order chi connectivity index (χ1) is 11.4. The quantitative estimate of drug-likeness (QED) is 0.743. The average molecular weight is 308 g/mol. The highest BCUT2D eigenvalue weighted by Gasteiger charge is 2.27. The molecule has 5 nitrogen and oxygen atoms in total. The lowest BCUT2D eigenvalue weighted by Crippen LogP contribution is -2.31. The molecule has 0 radical (unpaired) electrons. The van der Waals surface area contributed by atoms with Crippen LogP contribution in [0.25, 0.3) is 11.0 Å². The SMILES string of the molecule is COc1ccc(C(N2CCCC2)n2nnc3ccccc32)cc1. The summed E-state index contributed by atoms with van der Waals surface area (Å²) in [6, 6.07) is 16.4. The predicted octanol–water partition coefficient (Wildman–Crippen LogP) is 3.08. The molecule has 4 rings (SSSR count). The van der Waals surface area contributed by atoms with Crippen molar-refractivity contribution < 1.29 is 4.74 Å². The number of methoxy groups -OCH3 is 1. The summed E-state index contributed by atoms with van der Waals surface area (Å²) in [5.74, 6) is 0.873. The molecule has 1 aliphatic heterocycles. The Kier molecular flexibility index (Phi) is 3.71. The van der Waals surface area contributed by atoms with E-state index in [0.29, 0.717) is 0 Å². The Bertz CT molecular complexity index is 790. The van der Waals surface area contributed by atoms with E-state index in [2.05, 4.69) is 33.4 Å². The van der Waals surface area contributed by atoms with Crippen LogP contribution in [0.3, 0.4) is 0 Å². The lowest BCUT2D eigenvalue weighted by molar-refractivity contribution is 0.201. The van der Waals surface area contributed by atoms with Crippen molar-refractivity contribution in [1.82, 2.24) is 19.9 Å². The monoisotopic (exact) mass is 308 g/mol. The molecule has 23 heavy (non-hydrogen) atoms. The third-order valence-corrected chi connectivity index (χ3v) is 4.51. The van der Waals surface area contributed by atoms with Gasteiger partial charge in [-0.05, 0) is 42.7 Å². The van der Waals surface area contributed by atoms with Gasteiger partial charge in [-0.15, -0.1) is 5.10 Å². The van der Waals surface area contributed by atoms with Crippen molar-refractivity contribution in [2.24, 2.45) is 0 Å². The van der Waals surface area contributed by atoms with Gasteiger partial charge in [0.15, 0.2) is 0 Å². The van der Waals surface area contributed by atoms with Gasteiger partial charge in [0, 0.05) is 13.1 Å². The molecule has 2 heterocycles. The number of likely N-dealkylation sites (tertiary alicyclic amines) is 1. The summed E-state index contributed by atoms with van der Waals surface area (Å²) in [6.07, 6.45) is 2.55. The third kappa shape index (κ3) is 2.57. The maximum absolute atomic E-state index is 5.29. The van der Waals surface area contributed by atoms with Gasteiger partial charge in [0.05, 0.1) is 12.6 Å². The van der Waals surface area contributed by atoms with E-state index in [1.165, 1.54) is 18.4 Å². The molecular formula is C18H20N4O. The molecule has 5 heteroatoms.